The molecule has 0 amide bonds. The standard InChI is InChI=1S/2C14H13N5/c1-8-6-9-4-2-3-5-10(9)11(7-8)12-13(15)17-14(16)19-18-12;1-8-6-7-9-4-2-3-5-10(9)11(8)12-13(15)17-14(16)19-18-12/h2*2-7H,1H3,(H4,15,16,17,19). The van der Waals surface area contributed by atoms with E-state index in [0.717, 1.165) is 43.8 Å². The molecule has 0 bridgehead atoms. The van der Waals surface area contributed by atoms with Crippen molar-refractivity contribution in [2.75, 3.05) is 22.9 Å². The van der Waals surface area contributed by atoms with Crippen molar-refractivity contribution in [2.24, 2.45) is 0 Å². The van der Waals surface area contributed by atoms with Crippen LogP contribution >= 0.6 is 0 Å². The molecule has 0 fully saturated rings. The number of anilines is 4. The van der Waals surface area contributed by atoms with Crippen molar-refractivity contribution in [3.8, 4) is 22.5 Å². The third-order valence-corrected chi connectivity index (χ3v) is 6.10. The minimum atomic E-state index is 0.0817. The third-order valence-electron chi connectivity index (χ3n) is 6.10. The van der Waals surface area contributed by atoms with Gasteiger partial charge >= 0.3 is 0 Å². The summed E-state index contributed by atoms with van der Waals surface area (Å²) in [7, 11) is 0. The smallest absolute Gasteiger partial charge is 0.242 e. The largest absolute Gasteiger partial charge is 0.382 e. The zero-order valence-corrected chi connectivity index (χ0v) is 20.9. The van der Waals surface area contributed by atoms with E-state index in [1.165, 1.54) is 0 Å². The van der Waals surface area contributed by atoms with E-state index < -0.39 is 0 Å². The summed E-state index contributed by atoms with van der Waals surface area (Å²) in [5, 5.41) is 20.2. The van der Waals surface area contributed by atoms with E-state index in [2.05, 4.69) is 48.6 Å². The monoisotopic (exact) mass is 502 g/mol. The van der Waals surface area contributed by atoms with Crippen LogP contribution in [0.2, 0.25) is 0 Å². The second-order valence-corrected chi connectivity index (χ2v) is 8.82. The average Bonchev–Trinajstić information content (AvgIpc) is 2.89. The van der Waals surface area contributed by atoms with Gasteiger partial charge in [0.1, 0.15) is 11.4 Å². The third kappa shape index (κ3) is 4.70. The van der Waals surface area contributed by atoms with Gasteiger partial charge in [-0.3, -0.25) is 0 Å². The molecule has 0 unspecified atom stereocenters. The molecule has 4 aromatic carbocycles. The van der Waals surface area contributed by atoms with Crippen LogP contribution in [0.1, 0.15) is 11.1 Å². The van der Waals surface area contributed by atoms with E-state index >= 15 is 0 Å². The van der Waals surface area contributed by atoms with E-state index in [1.54, 1.807) is 0 Å². The number of fused-ring (bicyclic) bond motifs is 2. The quantitative estimate of drug-likeness (QED) is 0.266. The molecule has 0 aliphatic heterocycles. The van der Waals surface area contributed by atoms with Crippen molar-refractivity contribution in [1.29, 1.82) is 0 Å². The summed E-state index contributed by atoms with van der Waals surface area (Å²) in [5.41, 5.74) is 28.0. The van der Waals surface area contributed by atoms with Crippen molar-refractivity contribution in [3.05, 3.63) is 83.9 Å². The van der Waals surface area contributed by atoms with Gasteiger partial charge in [0.2, 0.25) is 11.9 Å². The zero-order chi connectivity index (χ0) is 26.8. The van der Waals surface area contributed by atoms with Gasteiger partial charge in [-0.2, -0.15) is 9.97 Å². The molecule has 2 heterocycles. The highest BCUT2D eigenvalue weighted by Gasteiger charge is 2.14. The Kier molecular flexibility index (Phi) is 6.36. The summed E-state index contributed by atoms with van der Waals surface area (Å²) < 4.78 is 0. The van der Waals surface area contributed by atoms with E-state index in [9.17, 15) is 0 Å². The van der Waals surface area contributed by atoms with Crippen LogP contribution in [0.15, 0.2) is 72.8 Å². The van der Waals surface area contributed by atoms with Crippen molar-refractivity contribution in [1.82, 2.24) is 30.4 Å². The molecule has 10 heteroatoms. The highest BCUT2D eigenvalue weighted by atomic mass is 15.2. The first-order chi connectivity index (χ1) is 18.3. The minimum Gasteiger partial charge on any atom is -0.382 e. The number of hydrogen-bond acceptors (Lipinski definition) is 10. The van der Waals surface area contributed by atoms with Crippen LogP contribution in [-0.2, 0) is 0 Å². The van der Waals surface area contributed by atoms with Gasteiger partial charge in [0.15, 0.2) is 11.6 Å². The van der Waals surface area contributed by atoms with Gasteiger partial charge in [-0.1, -0.05) is 66.7 Å². The van der Waals surface area contributed by atoms with Crippen LogP contribution < -0.4 is 22.9 Å². The summed E-state index contributed by atoms with van der Waals surface area (Å²) >= 11 is 0. The lowest BCUT2D eigenvalue weighted by Crippen LogP contribution is -2.05. The summed E-state index contributed by atoms with van der Waals surface area (Å²) in [4.78, 5) is 7.95. The Morgan fingerprint density at radius 2 is 1.13 bits per heavy atom. The van der Waals surface area contributed by atoms with Gasteiger partial charge in [0.05, 0.1) is 0 Å². The molecule has 6 rings (SSSR count). The van der Waals surface area contributed by atoms with Crippen LogP contribution in [0.25, 0.3) is 44.1 Å². The molecule has 0 spiro atoms. The van der Waals surface area contributed by atoms with Crippen LogP contribution in [0.5, 0.6) is 0 Å². The number of aryl methyl sites for hydroxylation is 2. The second-order valence-electron chi connectivity index (χ2n) is 8.82. The Morgan fingerprint density at radius 1 is 0.553 bits per heavy atom. The molecule has 0 aliphatic rings. The SMILES string of the molecule is Cc1cc(-c2nnc(N)nc2N)c2ccccc2c1.Cc1ccc2ccccc2c1-c1nnc(N)nc1N. The van der Waals surface area contributed by atoms with Gasteiger partial charge in [0, 0.05) is 11.1 Å². The molecule has 10 nitrogen and oxygen atoms in total. The van der Waals surface area contributed by atoms with Crippen LogP contribution in [0.4, 0.5) is 23.5 Å². The number of benzene rings is 4. The zero-order valence-electron chi connectivity index (χ0n) is 20.9. The Bertz CT molecular complexity index is 1800. The van der Waals surface area contributed by atoms with Gasteiger partial charge in [-0.05, 0) is 52.6 Å². The van der Waals surface area contributed by atoms with Gasteiger partial charge < -0.3 is 22.9 Å². The molecule has 188 valence electrons. The number of hydrogen-bond donors (Lipinski definition) is 4. The topological polar surface area (TPSA) is 181 Å². The van der Waals surface area contributed by atoms with Crippen molar-refractivity contribution < 1.29 is 0 Å². The summed E-state index contributed by atoms with van der Waals surface area (Å²) in [5.74, 6) is 0.757. The molecule has 0 saturated heterocycles. The van der Waals surface area contributed by atoms with Crippen LogP contribution in [0.3, 0.4) is 0 Å². The highest BCUT2D eigenvalue weighted by Crippen LogP contribution is 2.33. The van der Waals surface area contributed by atoms with Crippen molar-refractivity contribution in [2.45, 2.75) is 13.8 Å². The van der Waals surface area contributed by atoms with E-state index in [0.29, 0.717) is 23.0 Å². The van der Waals surface area contributed by atoms with Crippen molar-refractivity contribution >= 4 is 45.1 Å². The molecular weight excluding hydrogens is 476 g/mol. The number of aromatic nitrogens is 6. The fourth-order valence-corrected chi connectivity index (χ4v) is 4.42. The second kappa shape index (κ2) is 9.94. The summed E-state index contributed by atoms with van der Waals surface area (Å²) in [6, 6.07) is 24.4. The normalized spacial score (nSPS) is 10.8. The maximum absolute atomic E-state index is 5.92. The lowest BCUT2D eigenvalue weighted by molar-refractivity contribution is 0.999. The first kappa shape index (κ1) is 24.3. The lowest BCUT2D eigenvalue weighted by Gasteiger charge is -2.10. The molecule has 2 aromatic heterocycles. The minimum absolute atomic E-state index is 0.0817. The predicted molar refractivity (Wildman–Crippen MR) is 153 cm³/mol. The number of nitrogen functional groups attached to an aromatic ring is 4. The molecule has 0 aliphatic carbocycles. The highest BCUT2D eigenvalue weighted by molar-refractivity contribution is 5.99. The fraction of sp³-hybridized carbons (Fsp3) is 0.0714. The van der Waals surface area contributed by atoms with Crippen LogP contribution in [-0.4, -0.2) is 30.4 Å². The predicted octanol–water partition coefficient (Wildman–Crippen LogP) is 4.33. The Balaban J connectivity index is 0.000000155. The summed E-state index contributed by atoms with van der Waals surface area (Å²) in [6.45, 7) is 4.05. The molecule has 0 atom stereocenters. The van der Waals surface area contributed by atoms with Crippen LogP contribution in [0, 0.1) is 13.8 Å². The maximum Gasteiger partial charge on any atom is 0.242 e. The number of nitrogens with two attached hydrogens (primary N) is 4. The molecule has 0 saturated carbocycles. The van der Waals surface area contributed by atoms with Gasteiger partial charge in [-0.25, -0.2) is 0 Å². The lowest BCUT2D eigenvalue weighted by atomic mass is 9.97. The van der Waals surface area contributed by atoms with Crippen molar-refractivity contribution in [3.63, 3.8) is 0 Å². The Morgan fingerprint density at radius 3 is 1.79 bits per heavy atom. The number of nitrogens with zero attached hydrogens (tertiary/aromatic N) is 6. The summed E-state index contributed by atoms with van der Waals surface area (Å²) in [6.07, 6.45) is 0. The number of rotatable bonds is 2. The Hall–Kier alpha value is -5.38. The first-order valence-corrected chi connectivity index (χ1v) is 11.8. The Labute approximate surface area is 218 Å². The first-order valence-electron chi connectivity index (χ1n) is 11.8. The van der Waals surface area contributed by atoms with Gasteiger partial charge in [0.25, 0.3) is 0 Å². The van der Waals surface area contributed by atoms with E-state index in [1.807, 2.05) is 68.4 Å². The molecule has 6 aromatic rings. The maximum atomic E-state index is 5.92. The molecule has 8 N–H and O–H groups in total. The van der Waals surface area contributed by atoms with E-state index in [-0.39, 0.29) is 11.9 Å². The average molecular weight is 503 g/mol. The fourth-order valence-electron chi connectivity index (χ4n) is 4.42. The molecule has 38 heavy (non-hydrogen) atoms. The molecular formula is C28H26N10. The van der Waals surface area contributed by atoms with E-state index in [4.69, 9.17) is 22.9 Å². The molecule has 0 radical (unpaired) electrons. The van der Waals surface area contributed by atoms with Gasteiger partial charge in [-0.15, -0.1) is 20.4 Å².